The zero-order chi connectivity index (χ0) is 18.2. The molecular formula is C20H32N4O2. The van der Waals surface area contributed by atoms with Crippen molar-refractivity contribution in [2.75, 3.05) is 39.3 Å². The SMILES string of the molecule is O=C(NCc1ccccn1)C1CCCN(C2CCN(CCCO)CC2)C1. The second-order valence-electron chi connectivity index (χ2n) is 7.52. The third-order valence-electron chi connectivity index (χ3n) is 5.70. The summed E-state index contributed by atoms with van der Waals surface area (Å²) in [6, 6.07) is 6.38. The Bertz CT molecular complexity index is 546. The van der Waals surface area contributed by atoms with Gasteiger partial charge in [0.15, 0.2) is 0 Å². The van der Waals surface area contributed by atoms with Crippen molar-refractivity contribution in [2.24, 2.45) is 5.92 Å². The van der Waals surface area contributed by atoms with Gasteiger partial charge in [0.2, 0.25) is 5.91 Å². The van der Waals surface area contributed by atoms with E-state index in [1.165, 1.54) is 12.8 Å². The summed E-state index contributed by atoms with van der Waals surface area (Å²) in [6.45, 7) is 6.01. The molecule has 1 unspecified atom stereocenters. The molecule has 6 nitrogen and oxygen atoms in total. The average Bonchev–Trinajstić information content (AvgIpc) is 2.71. The molecule has 1 aromatic rings. The van der Waals surface area contributed by atoms with Gasteiger partial charge in [-0.25, -0.2) is 0 Å². The Hall–Kier alpha value is -1.50. The molecule has 144 valence electrons. The van der Waals surface area contributed by atoms with Crippen molar-refractivity contribution in [2.45, 2.75) is 44.7 Å². The minimum atomic E-state index is 0.0971. The first-order valence-electron chi connectivity index (χ1n) is 10.0. The Morgan fingerprint density at radius 3 is 2.81 bits per heavy atom. The lowest BCUT2D eigenvalue weighted by molar-refractivity contribution is -0.127. The lowest BCUT2D eigenvalue weighted by atomic mass is 9.93. The van der Waals surface area contributed by atoms with E-state index < -0.39 is 0 Å². The summed E-state index contributed by atoms with van der Waals surface area (Å²) in [5.74, 6) is 0.264. The molecule has 0 saturated carbocycles. The maximum absolute atomic E-state index is 12.6. The minimum absolute atomic E-state index is 0.0971. The Labute approximate surface area is 156 Å². The van der Waals surface area contributed by atoms with Crippen LogP contribution in [0.1, 0.15) is 37.8 Å². The predicted octanol–water partition coefficient (Wildman–Crippen LogP) is 1.26. The van der Waals surface area contributed by atoms with E-state index in [1.54, 1.807) is 6.20 Å². The van der Waals surface area contributed by atoms with Crippen LogP contribution in [-0.2, 0) is 11.3 Å². The van der Waals surface area contributed by atoms with E-state index in [9.17, 15) is 4.79 Å². The van der Waals surface area contributed by atoms with Crippen LogP contribution in [0.15, 0.2) is 24.4 Å². The molecule has 0 bridgehead atoms. The number of pyridine rings is 1. The van der Waals surface area contributed by atoms with Gasteiger partial charge in [-0.1, -0.05) is 6.07 Å². The fourth-order valence-corrected chi connectivity index (χ4v) is 4.18. The summed E-state index contributed by atoms with van der Waals surface area (Å²) in [5, 5.41) is 12.0. The normalized spacial score (nSPS) is 23.0. The largest absolute Gasteiger partial charge is 0.396 e. The Morgan fingerprint density at radius 1 is 1.23 bits per heavy atom. The number of nitrogens with one attached hydrogen (secondary N) is 1. The van der Waals surface area contributed by atoms with Gasteiger partial charge < -0.3 is 15.3 Å². The number of likely N-dealkylation sites (tertiary alicyclic amines) is 2. The average molecular weight is 361 g/mol. The number of piperidine rings is 2. The van der Waals surface area contributed by atoms with Gasteiger partial charge in [-0.05, 0) is 63.9 Å². The number of amides is 1. The molecule has 1 atom stereocenters. The molecule has 26 heavy (non-hydrogen) atoms. The van der Waals surface area contributed by atoms with Crippen LogP contribution in [0.2, 0.25) is 0 Å². The van der Waals surface area contributed by atoms with Crippen LogP contribution in [0.25, 0.3) is 0 Å². The van der Waals surface area contributed by atoms with Crippen molar-refractivity contribution in [3.05, 3.63) is 30.1 Å². The van der Waals surface area contributed by atoms with Gasteiger partial charge >= 0.3 is 0 Å². The van der Waals surface area contributed by atoms with Gasteiger partial charge in [0.05, 0.1) is 18.2 Å². The number of carbonyl (C=O) groups is 1. The lowest BCUT2D eigenvalue weighted by Crippen LogP contribution is -2.50. The van der Waals surface area contributed by atoms with E-state index >= 15 is 0 Å². The molecule has 2 aliphatic heterocycles. The topological polar surface area (TPSA) is 68.7 Å². The Kier molecular flexibility index (Phi) is 7.41. The number of hydrogen-bond donors (Lipinski definition) is 2. The van der Waals surface area contributed by atoms with E-state index in [-0.39, 0.29) is 18.4 Å². The van der Waals surface area contributed by atoms with Gasteiger partial charge in [-0.15, -0.1) is 0 Å². The van der Waals surface area contributed by atoms with E-state index in [0.717, 1.165) is 57.7 Å². The Balaban J connectivity index is 1.43. The number of rotatable bonds is 7. The number of aliphatic hydroxyl groups is 1. The number of carbonyl (C=O) groups excluding carboxylic acids is 1. The molecule has 3 heterocycles. The third kappa shape index (κ3) is 5.50. The third-order valence-corrected chi connectivity index (χ3v) is 5.70. The second kappa shape index (κ2) is 10.00. The smallest absolute Gasteiger partial charge is 0.224 e. The monoisotopic (exact) mass is 360 g/mol. The molecule has 0 aromatic carbocycles. The molecule has 1 amide bonds. The zero-order valence-corrected chi connectivity index (χ0v) is 15.6. The van der Waals surface area contributed by atoms with Crippen molar-refractivity contribution in [1.29, 1.82) is 0 Å². The van der Waals surface area contributed by atoms with E-state index in [4.69, 9.17) is 5.11 Å². The van der Waals surface area contributed by atoms with E-state index in [0.29, 0.717) is 12.6 Å². The van der Waals surface area contributed by atoms with E-state index in [2.05, 4.69) is 20.1 Å². The highest BCUT2D eigenvalue weighted by molar-refractivity contribution is 5.78. The maximum atomic E-state index is 12.6. The number of aromatic nitrogens is 1. The molecular weight excluding hydrogens is 328 g/mol. The molecule has 1 aromatic heterocycles. The number of nitrogens with zero attached hydrogens (tertiary/aromatic N) is 3. The standard InChI is InChI=1S/C20H32N4O2/c25-14-4-10-23-12-7-19(8-13-23)24-11-3-5-17(16-24)20(26)22-15-18-6-1-2-9-21-18/h1-2,6,9,17,19,25H,3-5,7-8,10-16H2,(H,22,26). The van der Waals surface area contributed by atoms with Gasteiger partial charge in [-0.3, -0.25) is 14.7 Å². The highest BCUT2D eigenvalue weighted by Crippen LogP contribution is 2.24. The molecule has 0 aliphatic carbocycles. The van der Waals surface area contributed by atoms with Crippen LogP contribution in [0.3, 0.4) is 0 Å². The fourth-order valence-electron chi connectivity index (χ4n) is 4.18. The molecule has 6 heteroatoms. The quantitative estimate of drug-likeness (QED) is 0.766. The maximum Gasteiger partial charge on any atom is 0.224 e. The molecule has 0 radical (unpaired) electrons. The molecule has 2 fully saturated rings. The first kappa shape index (κ1) is 19.3. The van der Waals surface area contributed by atoms with Crippen LogP contribution >= 0.6 is 0 Å². The molecule has 3 rings (SSSR count). The summed E-state index contributed by atoms with van der Waals surface area (Å²) in [4.78, 5) is 21.8. The second-order valence-corrected chi connectivity index (χ2v) is 7.52. The summed E-state index contributed by atoms with van der Waals surface area (Å²) >= 11 is 0. The van der Waals surface area contributed by atoms with Crippen LogP contribution in [0.5, 0.6) is 0 Å². The number of hydrogen-bond acceptors (Lipinski definition) is 5. The first-order chi connectivity index (χ1) is 12.8. The van der Waals surface area contributed by atoms with Crippen LogP contribution in [-0.4, -0.2) is 71.2 Å². The van der Waals surface area contributed by atoms with Crippen molar-refractivity contribution in [1.82, 2.24) is 20.1 Å². The summed E-state index contributed by atoms with van der Waals surface area (Å²) in [5.41, 5.74) is 0.906. The summed E-state index contributed by atoms with van der Waals surface area (Å²) in [7, 11) is 0. The zero-order valence-electron chi connectivity index (χ0n) is 15.6. The van der Waals surface area contributed by atoms with Crippen LogP contribution < -0.4 is 5.32 Å². The summed E-state index contributed by atoms with van der Waals surface area (Å²) < 4.78 is 0. The first-order valence-corrected chi connectivity index (χ1v) is 10.0. The van der Waals surface area contributed by atoms with Gasteiger partial charge in [0.1, 0.15) is 0 Å². The van der Waals surface area contributed by atoms with Crippen LogP contribution in [0.4, 0.5) is 0 Å². The minimum Gasteiger partial charge on any atom is -0.396 e. The van der Waals surface area contributed by atoms with E-state index in [1.807, 2.05) is 18.2 Å². The van der Waals surface area contributed by atoms with Crippen molar-refractivity contribution in [3.63, 3.8) is 0 Å². The number of aliphatic hydroxyl groups excluding tert-OH is 1. The summed E-state index contributed by atoms with van der Waals surface area (Å²) in [6.07, 6.45) is 7.07. The highest BCUT2D eigenvalue weighted by Gasteiger charge is 2.31. The fraction of sp³-hybridized carbons (Fsp3) is 0.700. The van der Waals surface area contributed by atoms with Gasteiger partial charge in [0.25, 0.3) is 0 Å². The van der Waals surface area contributed by atoms with Crippen LogP contribution in [0, 0.1) is 5.92 Å². The molecule has 2 N–H and O–H groups in total. The van der Waals surface area contributed by atoms with Crippen molar-refractivity contribution >= 4 is 5.91 Å². The molecule has 2 aliphatic rings. The van der Waals surface area contributed by atoms with Crippen molar-refractivity contribution in [3.8, 4) is 0 Å². The molecule has 0 spiro atoms. The highest BCUT2D eigenvalue weighted by atomic mass is 16.3. The molecule has 2 saturated heterocycles. The van der Waals surface area contributed by atoms with Crippen molar-refractivity contribution < 1.29 is 9.90 Å². The van der Waals surface area contributed by atoms with Gasteiger partial charge in [-0.2, -0.15) is 0 Å². The van der Waals surface area contributed by atoms with Gasteiger partial charge in [0, 0.05) is 31.9 Å². The Morgan fingerprint density at radius 2 is 2.08 bits per heavy atom. The predicted molar refractivity (Wildman–Crippen MR) is 102 cm³/mol. The lowest BCUT2D eigenvalue weighted by Gasteiger charge is -2.42.